The Hall–Kier alpha value is -2.36. The van der Waals surface area contributed by atoms with Crippen molar-refractivity contribution in [3.63, 3.8) is 0 Å². The van der Waals surface area contributed by atoms with E-state index in [-0.39, 0.29) is 0 Å². The molecule has 3 heterocycles. The molecule has 1 aliphatic rings. The Bertz CT molecular complexity index is 1160. The molecule has 4 rings (SSSR count). The molecule has 2 aromatic heterocycles. The highest BCUT2D eigenvalue weighted by molar-refractivity contribution is 7.58. The van der Waals surface area contributed by atoms with E-state index in [4.69, 9.17) is 16.1 Å². The zero-order chi connectivity index (χ0) is 24.0. The lowest BCUT2D eigenvalue weighted by molar-refractivity contribution is 0.147. The van der Waals surface area contributed by atoms with Crippen molar-refractivity contribution in [2.45, 2.75) is 6.92 Å². The van der Waals surface area contributed by atoms with E-state index in [0.717, 1.165) is 38.4 Å². The van der Waals surface area contributed by atoms with Crippen LogP contribution in [0.1, 0.15) is 6.92 Å². The summed E-state index contributed by atoms with van der Waals surface area (Å²) < 4.78 is 17.8. The number of nitrogens with zero attached hydrogens (tertiary/aromatic N) is 6. The monoisotopic (exact) mass is 504 g/mol. The third-order valence-corrected chi connectivity index (χ3v) is 7.45. The molecule has 1 fully saturated rings. The van der Waals surface area contributed by atoms with Gasteiger partial charge in [0.25, 0.3) is 0 Å². The van der Waals surface area contributed by atoms with Gasteiger partial charge in [0, 0.05) is 56.6 Å². The molecule has 0 spiro atoms. The van der Waals surface area contributed by atoms with Gasteiger partial charge in [0.05, 0.1) is 19.1 Å². The molecule has 0 amide bonds. The van der Waals surface area contributed by atoms with Crippen LogP contribution in [0, 0.1) is 0 Å². The maximum atomic E-state index is 12.4. The molecule has 1 aliphatic heterocycles. The number of nitrogens with one attached hydrogen (secondary N) is 2. The number of hydrogen-bond acceptors (Lipinski definition) is 10. The molecule has 1 unspecified atom stereocenters. The summed E-state index contributed by atoms with van der Waals surface area (Å²) in [4.78, 5) is 22.2. The molecular weight excluding hydrogens is 475 g/mol. The van der Waals surface area contributed by atoms with E-state index < -0.39 is 7.37 Å². The van der Waals surface area contributed by atoms with Crippen molar-refractivity contribution in [3.8, 4) is 0 Å². The van der Waals surface area contributed by atoms with Crippen LogP contribution in [0.3, 0.4) is 0 Å². The molecule has 1 aromatic carbocycles. The second-order valence-electron chi connectivity index (χ2n) is 8.24. The number of piperazine rings is 1. The minimum atomic E-state index is -2.53. The fourth-order valence-corrected chi connectivity index (χ4v) is 5.72. The van der Waals surface area contributed by atoms with Gasteiger partial charge in [-0.3, -0.25) is 14.4 Å². The quantitative estimate of drug-likeness (QED) is 0.396. The zero-order valence-corrected chi connectivity index (χ0v) is 21.1. The molecular formula is C22H30ClN8O2P. The molecule has 1 atom stereocenters. The van der Waals surface area contributed by atoms with E-state index in [1.54, 1.807) is 12.9 Å². The van der Waals surface area contributed by atoms with E-state index in [2.05, 4.69) is 40.4 Å². The van der Waals surface area contributed by atoms with Crippen LogP contribution >= 0.6 is 19.0 Å². The van der Waals surface area contributed by atoms with Gasteiger partial charge >= 0.3 is 0 Å². The fourth-order valence-electron chi connectivity index (χ4n) is 3.89. The largest absolute Gasteiger partial charge is 0.353 e. The minimum Gasteiger partial charge on any atom is -0.353 e. The molecule has 12 heteroatoms. The molecule has 182 valence electrons. The molecule has 3 aromatic rings. The molecule has 2 N–H and O–H groups in total. The van der Waals surface area contributed by atoms with Crippen molar-refractivity contribution < 1.29 is 9.09 Å². The zero-order valence-electron chi connectivity index (χ0n) is 19.4. The van der Waals surface area contributed by atoms with Crippen LogP contribution in [-0.2, 0) is 9.09 Å². The third-order valence-electron chi connectivity index (χ3n) is 5.50. The van der Waals surface area contributed by atoms with Crippen LogP contribution < -0.4 is 10.6 Å². The second kappa shape index (κ2) is 11.4. The molecule has 1 saturated heterocycles. The highest BCUT2D eigenvalue weighted by Gasteiger charge is 2.23. The molecule has 0 bridgehead atoms. The van der Waals surface area contributed by atoms with Crippen molar-refractivity contribution in [2.24, 2.45) is 0 Å². The van der Waals surface area contributed by atoms with E-state index in [0.29, 0.717) is 47.3 Å². The van der Waals surface area contributed by atoms with Crippen LogP contribution in [0.5, 0.6) is 0 Å². The number of benzene rings is 1. The average molecular weight is 505 g/mol. The first-order valence-electron chi connectivity index (χ1n) is 11.3. The lowest BCUT2D eigenvalue weighted by Crippen LogP contribution is -2.47. The summed E-state index contributed by atoms with van der Waals surface area (Å²) in [7, 11) is -2.53. The van der Waals surface area contributed by atoms with Gasteiger partial charge < -0.3 is 15.2 Å². The number of aromatic nitrogens is 4. The minimum absolute atomic E-state index is 0.487. The van der Waals surface area contributed by atoms with E-state index >= 15 is 0 Å². The SMILES string of the molecule is CCOP(C)(=O)CN1CCN(CCNc2ncc3ncnc(Nc4cccc(Cl)c4)c3n2)CC1. The van der Waals surface area contributed by atoms with Crippen LogP contribution in [-0.4, -0.2) is 88.6 Å². The van der Waals surface area contributed by atoms with E-state index in [9.17, 15) is 4.57 Å². The Kier molecular flexibility index (Phi) is 8.28. The molecule has 0 aliphatic carbocycles. The number of hydrogen-bond donors (Lipinski definition) is 2. The summed E-state index contributed by atoms with van der Waals surface area (Å²) >= 11 is 6.09. The van der Waals surface area contributed by atoms with Crippen molar-refractivity contribution in [1.82, 2.24) is 29.7 Å². The van der Waals surface area contributed by atoms with Gasteiger partial charge in [-0.2, -0.15) is 0 Å². The number of halogens is 1. The van der Waals surface area contributed by atoms with Gasteiger partial charge in [-0.25, -0.2) is 19.9 Å². The van der Waals surface area contributed by atoms with Gasteiger partial charge in [-0.15, -0.1) is 0 Å². The van der Waals surface area contributed by atoms with Crippen molar-refractivity contribution in [3.05, 3.63) is 41.8 Å². The Morgan fingerprint density at radius 3 is 2.71 bits per heavy atom. The second-order valence-corrected chi connectivity index (χ2v) is 11.3. The first kappa shape index (κ1) is 24.8. The summed E-state index contributed by atoms with van der Waals surface area (Å²) in [5, 5.41) is 7.20. The number of rotatable bonds is 10. The predicted molar refractivity (Wildman–Crippen MR) is 136 cm³/mol. The summed E-state index contributed by atoms with van der Waals surface area (Å²) in [6.07, 6.45) is 3.69. The lowest BCUT2D eigenvalue weighted by atomic mass is 10.3. The highest BCUT2D eigenvalue weighted by atomic mass is 35.5. The summed E-state index contributed by atoms with van der Waals surface area (Å²) in [6.45, 7) is 9.27. The Morgan fingerprint density at radius 2 is 1.94 bits per heavy atom. The van der Waals surface area contributed by atoms with E-state index in [1.807, 2.05) is 31.2 Å². The van der Waals surface area contributed by atoms with E-state index in [1.165, 1.54) is 6.33 Å². The summed E-state index contributed by atoms with van der Waals surface area (Å²) in [6, 6.07) is 7.43. The third kappa shape index (κ3) is 6.84. The smallest absolute Gasteiger partial charge is 0.223 e. The molecule has 0 saturated carbocycles. The van der Waals surface area contributed by atoms with Crippen molar-refractivity contribution in [2.75, 3.05) is 69.5 Å². The Morgan fingerprint density at radius 1 is 1.15 bits per heavy atom. The lowest BCUT2D eigenvalue weighted by Gasteiger charge is -2.35. The first-order chi connectivity index (χ1) is 16.4. The van der Waals surface area contributed by atoms with Gasteiger partial charge in [0.2, 0.25) is 13.3 Å². The Labute approximate surface area is 204 Å². The van der Waals surface area contributed by atoms with Crippen LogP contribution in [0.15, 0.2) is 36.8 Å². The van der Waals surface area contributed by atoms with Crippen molar-refractivity contribution >= 4 is 47.5 Å². The van der Waals surface area contributed by atoms with Crippen LogP contribution in [0.25, 0.3) is 11.0 Å². The summed E-state index contributed by atoms with van der Waals surface area (Å²) in [5.74, 6) is 1.12. The average Bonchev–Trinajstić information content (AvgIpc) is 2.80. The van der Waals surface area contributed by atoms with Gasteiger partial charge in [-0.1, -0.05) is 17.7 Å². The molecule has 10 nitrogen and oxygen atoms in total. The van der Waals surface area contributed by atoms with Crippen molar-refractivity contribution in [1.29, 1.82) is 0 Å². The fraction of sp³-hybridized carbons (Fsp3) is 0.455. The van der Waals surface area contributed by atoms with Crippen LogP contribution in [0.2, 0.25) is 5.02 Å². The highest BCUT2D eigenvalue weighted by Crippen LogP contribution is 2.42. The predicted octanol–water partition coefficient (Wildman–Crippen LogP) is 3.75. The topological polar surface area (TPSA) is 108 Å². The standard InChI is InChI=1S/C22H30ClN8O2P/c1-3-33-34(2,32)16-31-11-9-30(10-12-31)8-7-24-22-25-14-19-20(29-22)21(27-15-26-19)28-18-6-4-5-17(23)13-18/h4-6,13-15H,3,7-12,16H2,1-2H3,(H,24,25,29)(H,26,27,28). The number of anilines is 3. The molecule has 0 radical (unpaired) electrons. The van der Waals surface area contributed by atoms with Crippen LogP contribution in [0.4, 0.5) is 17.5 Å². The first-order valence-corrected chi connectivity index (χ1v) is 14.0. The normalized spacial score (nSPS) is 16.9. The maximum absolute atomic E-state index is 12.4. The number of fused-ring (bicyclic) bond motifs is 1. The van der Waals surface area contributed by atoms with Gasteiger partial charge in [0.15, 0.2) is 5.82 Å². The maximum Gasteiger partial charge on any atom is 0.223 e. The summed E-state index contributed by atoms with van der Waals surface area (Å²) in [5.41, 5.74) is 2.11. The molecule has 34 heavy (non-hydrogen) atoms. The Balaban J connectivity index is 1.31. The van der Waals surface area contributed by atoms with Gasteiger partial charge in [0.1, 0.15) is 17.4 Å². The van der Waals surface area contributed by atoms with Gasteiger partial charge in [-0.05, 0) is 25.1 Å².